The standard InChI is InChI=1S/C17H22N4O3/c1-10(2)5-15-18-6-12-7-21(8-14(12)19-15)17(22)16-13(9-23-4)11(3)24-20-16/h6,10H,5,7-9H2,1-4H3. The minimum absolute atomic E-state index is 0.165. The van der Waals surface area contributed by atoms with Gasteiger partial charge >= 0.3 is 0 Å². The smallest absolute Gasteiger partial charge is 0.277 e. The van der Waals surface area contributed by atoms with Gasteiger partial charge in [-0.15, -0.1) is 0 Å². The predicted octanol–water partition coefficient (Wildman–Crippen LogP) is 2.27. The SMILES string of the molecule is COCc1c(C(=O)N2Cc3cnc(CC(C)C)nc3C2)noc1C. The highest BCUT2D eigenvalue weighted by atomic mass is 16.5. The summed E-state index contributed by atoms with van der Waals surface area (Å²) in [6.07, 6.45) is 2.67. The molecule has 1 amide bonds. The van der Waals surface area contributed by atoms with Crippen molar-refractivity contribution in [3.63, 3.8) is 0 Å². The number of aryl methyl sites for hydroxylation is 1. The Hall–Kier alpha value is -2.28. The van der Waals surface area contributed by atoms with E-state index in [0.29, 0.717) is 42.6 Å². The van der Waals surface area contributed by atoms with Crippen LogP contribution in [0, 0.1) is 12.8 Å². The Bertz CT molecular complexity index is 754. The topological polar surface area (TPSA) is 81.4 Å². The molecule has 0 saturated heterocycles. The zero-order valence-corrected chi connectivity index (χ0v) is 14.5. The molecule has 24 heavy (non-hydrogen) atoms. The average molecular weight is 330 g/mol. The molecular formula is C17H22N4O3. The summed E-state index contributed by atoms with van der Waals surface area (Å²) in [6.45, 7) is 7.32. The van der Waals surface area contributed by atoms with E-state index in [1.165, 1.54) is 0 Å². The van der Waals surface area contributed by atoms with E-state index in [-0.39, 0.29) is 5.91 Å². The first-order valence-corrected chi connectivity index (χ1v) is 8.06. The van der Waals surface area contributed by atoms with Crippen molar-refractivity contribution in [3.05, 3.63) is 40.3 Å². The normalized spacial score (nSPS) is 13.6. The van der Waals surface area contributed by atoms with E-state index in [9.17, 15) is 4.79 Å². The zero-order chi connectivity index (χ0) is 17.3. The highest BCUT2D eigenvalue weighted by Gasteiger charge is 2.30. The van der Waals surface area contributed by atoms with E-state index >= 15 is 0 Å². The van der Waals surface area contributed by atoms with Crippen molar-refractivity contribution in [1.82, 2.24) is 20.0 Å². The van der Waals surface area contributed by atoms with Crippen LogP contribution in [0.25, 0.3) is 0 Å². The minimum atomic E-state index is -0.165. The van der Waals surface area contributed by atoms with Crippen molar-refractivity contribution < 1.29 is 14.1 Å². The molecule has 0 spiro atoms. The van der Waals surface area contributed by atoms with Crippen molar-refractivity contribution in [2.24, 2.45) is 5.92 Å². The van der Waals surface area contributed by atoms with Crippen LogP contribution in [-0.4, -0.2) is 33.0 Å². The number of rotatable bonds is 5. The van der Waals surface area contributed by atoms with Crippen LogP contribution in [0.4, 0.5) is 0 Å². The van der Waals surface area contributed by atoms with Crippen molar-refractivity contribution in [3.8, 4) is 0 Å². The van der Waals surface area contributed by atoms with Crippen LogP contribution in [0.15, 0.2) is 10.7 Å². The summed E-state index contributed by atoms with van der Waals surface area (Å²) >= 11 is 0. The maximum atomic E-state index is 12.8. The third kappa shape index (κ3) is 3.17. The van der Waals surface area contributed by atoms with Crippen LogP contribution in [-0.2, 0) is 30.9 Å². The number of carbonyl (C=O) groups is 1. The highest BCUT2D eigenvalue weighted by molar-refractivity contribution is 5.94. The number of carbonyl (C=O) groups excluding carboxylic acids is 1. The fourth-order valence-corrected chi connectivity index (χ4v) is 2.83. The van der Waals surface area contributed by atoms with Crippen LogP contribution in [0.3, 0.4) is 0 Å². The minimum Gasteiger partial charge on any atom is -0.380 e. The number of aromatic nitrogens is 3. The predicted molar refractivity (Wildman–Crippen MR) is 86.1 cm³/mol. The summed E-state index contributed by atoms with van der Waals surface area (Å²) in [5.74, 6) is 1.77. The number of hydrogen-bond acceptors (Lipinski definition) is 6. The Kier molecular flexibility index (Phi) is 4.62. The molecule has 1 aliphatic heterocycles. The van der Waals surface area contributed by atoms with E-state index in [2.05, 4.69) is 29.0 Å². The molecule has 0 aliphatic carbocycles. The summed E-state index contributed by atoms with van der Waals surface area (Å²) in [5, 5.41) is 3.92. The molecule has 0 fully saturated rings. The van der Waals surface area contributed by atoms with Gasteiger partial charge in [-0.1, -0.05) is 19.0 Å². The fourth-order valence-electron chi connectivity index (χ4n) is 2.83. The van der Waals surface area contributed by atoms with Crippen LogP contribution >= 0.6 is 0 Å². The first kappa shape index (κ1) is 16.6. The van der Waals surface area contributed by atoms with Crippen LogP contribution in [0.5, 0.6) is 0 Å². The van der Waals surface area contributed by atoms with Gasteiger partial charge in [0.05, 0.1) is 24.4 Å². The van der Waals surface area contributed by atoms with Gasteiger partial charge in [0.1, 0.15) is 11.6 Å². The molecule has 7 heteroatoms. The summed E-state index contributed by atoms with van der Waals surface area (Å²) in [7, 11) is 1.58. The van der Waals surface area contributed by atoms with Gasteiger partial charge in [-0.05, 0) is 12.8 Å². The molecule has 0 unspecified atom stereocenters. The van der Waals surface area contributed by atoms with E-state index < -0.39 is 0 Å². The van der Waals surface area contributed by atoms with Crippen LogP contribution < -0.4 is 0 Å². The molecule has 0 N–H and O–H groups in total. The second-order valence-corrected chi connectivity index (χ2v) is 6.52. The number of methoxy groups -OCH3 is 1. The van der Waals surface area contributed by atoms with Crippen LogP contribution in [0.1, 0.15) is 52.7 Å². The van der Waals surface area contributed by atoms with Gasteiger partial charge in [-0.2, -0.15) is 0 Å². The molecule has 0 bridgehead atoms. The van der Waals surface area contributed by atoms with Crippen molar-refractivity contribution >= 4 is 5.91 Å². The third-order valence-corrected chi connectivity index (χ3v) is 4.06. The second-order valence-electron chi connectivity index (χ2n) is 6.52. The summed E-state index contributed by atoms with van der Waals surface area (Å²) in [6, 6.07) is 0. The van der Waals surface area contributed by atoms with Gasteiger partial charge in [0.2, 0.25) is 0 Å². The highest BCUT2D eigenvalue weighted by Crippen LogP contribution is 2.24. The summed E-state index contributed by atoms with van der Waals surface area (Å²) in [4.78, 5) is 23.5. The molecule has 0 radical (unpaired) electrons. The van der Waals surface area contributed by atoms with Crippen LogP contribution in [0.2, 0.25) is 0 Å². The number of nitrogens with zero attached hydrogens (tertiary/aromatic N) is 4. The molecule has 0 aromatic carbocycles. The van der Waals surface area contributed by atoms with Gasteiger partial charge in [-0.25, -0.2) is 9.97 Å². The molecule has 3 rings (SSSR count). The van der Waals surface area contributed by atoms with E-state index in [1.54, 1.807) is 18.9 Å². The van der Waals surface area contributed by atoms with Gasteiger partial charge in [0.15, 0.2) is 5.69 Å². The Labute approximate surface area is 141 Å². The van der Waals surface area contributed by atoms with Gasteiger partial charge in [0.25, 0.3) is 5.91 Å². The lowest BCUT2D eigenvalue weighted by atomic mass is 10.1. The fraction of sp³-hybridized carbons (Fsp3) is 0.529. The van der Waals surface area contributed by atoms with E-state index in [4.69, 9.17) is 9.26 Å². The Balaban J connectivity index is 1.79. The molecule has 1 aliphatic rings. The van der Waals surface area contributed by atoms with Gasteiger partial charge in [0, 0.05) is 31.8 Å². The lowest BCUT2D eigenvalue weighted by molar-refractivity contribution is 0.0735. The number of amides is 1. The molecule has 2 aromatic rings. The van der Waals surface area contributed by atoms with Gasteiger partial charge < -0.3 is 14.2 Å². The summed E-state index contributed by atoms with van der Waals surface area (Å²) in [5.41, 5.74) is 2.93. The third-order valence-electron chi connectivity index (χ3n) is 4.06. The number of hydrogen-bond donors (Lipinski definition) is 0. The molecular weight excluding hydrogens is 308 g/mol. The summed E-state index contributed by atoms with van der Waals surface area (Å²) < 4.78 is 10.3. The van der Waals surface area contributed by atoms with Crippen molar-refractivity contribution in [1.29, 1.82) is 0 Å². The lowest BCUT2D eigenvalue weighted by Crippen LogP contribution is -2.26. The maximum absolute atomic E-state index is 12.8. The maximum Gasteiger partial charge on any atom is 0.277 e. The van der Waals surface area contributed by atoms with E-state index in [0.717, 1.165) is 23.5 Å². The number of fused-ring (bicyclic) bond motifs is 1. The largest absolute Gasteiger partial charge is 0.380 e. The van der Waals surface area contributed by atoms with Crippen molar-refractivity contribution in [2.75, 3.05) is 7.11 Å². The van der Waals surface area contributed by atoms with E-state index in [1.807, 2.05) is 6.20 Å². The Morgan fingerprint density at radius 2 is 2.21 bits per heavy atom. The Morgan fingerprint density at radius 1 is 1.42 bits per heavy atom. The van der Waals surface area contributed by atoms with Gasteiger partial charge in [-0.3, -0.25) is 4.79 Å². The first-order chi connectivity index (χ1) is 11.5. The average Bonchev–Trinajstić information content (AvgIpc) is 3.10. The van der Waals surface area contributed by atoms with Crippen molar-refractivity contribution in [2.45, 2.75) is 46.9 Å². The monoisotopic (exact) mass is 330 g/mol. The second kappa shape index (κ2) is 6.68. The molecule has 7 nitrogen and oxygen atoms in total. The quantitative estimate of drug-likeness (QED) is 0.836. The molecule has 0 saturated carbocycles. The molecule has 3 heterocycles. The lowest BCUT2D eigenvalue weighted by Gasteiger charge is -2.13. The zero-order valence-electron chi connectivity index (χ0n) is 14.5. The molecule has 2 aromatic heterocycles. The molecule has 0 atom stereocenters. The Morgan fingerprint density at radius 3 is 2.92 bits per heavy atom. The first-order valence-electron chi connectivity index (χ1n) is 8.06. The molecule has 128 valence electrons. The number of ether oxygens (including phenoxy) is 1.